The molecule has 4 rings (SSSR count). The van der Waals surface area contributed by atoms with Crippen molar-refractivity contribution in [3.63, 3.8) is 0 Å². The Balaban J connectivity index is 1.86. The molecule has 0 radical (unpaired) electrons. The summed E-state index contributed by atoms with van der Waals surface area (Å²) in [5, 5.41) is 4.61. The first kappa shape index (κ1) is 21.5. The molecule has 0 fully saturated rings. The molecule has 31 heavy (non-hydrogen) atoms. The quantitative estimate of drug-likeness (QED) is 0.210. The van der Waals surface area contributed by atoms with Crippen molar-refractivity contribution in [2.75, 3.05) is 14.1 Å². The van der Waals surface area contributed by atoms with E-state index in [-0.39, 0.29) is 11.5 Å². The van der Waals surface area contributed by atoms with Crippen LogP contribution in [0, 0.1) is 0 Å². The third-order valence-electron chi connectivity index (χ3n) is 4.75. The van der Waals surface area contributed by atoms with Crippen LogP contribution in [0.4, 0.5) is 0 Å². The lowest BCUT2D eigenvalue weighted by atomic mass is 10.1. The second-order valence-corrected chi connectivity index (χ2v) is 9.92. The highest BCUT2D eigenvalue weighted by Gasteiger charge is 2.27. The van der Waals surface area contributed by atoms with Gasteiger partial charge in [0, 0.05) is 36.5 Å². The zero-order valence-corrected chi connectivity index (χ0v) is 19.6. The van der Waals surface area contributed by atoms with E-state index in [0.717, 1.165) is 16.0 Å². The molecule has 0 N–H and O–H groups in total. The van der Waals surface area contributed by atoms with Gasteiger partial charge < -0.3 is 4.90 Å². The van der Waals surface area contributed by atoms with Crippen molar-refractivity contribution in [2.24, 2.45) is 0 Å². The highest BCUT2D eigenvalue weighted by atomic mass is 32.2. The van der Waals surface area contributed by atoms with E-state index >= 15 is 0 Å². The number of likely N-dealkylation sites (N-methyl/N-ethyl adjacent to an activating group) is 1. The Morgan fingerprint density at radius 3 is 2.65 bits per heavy atom. The minimum Gasteiger partial charge on any atom is -0.348 e. The van der Waals surface area contributed by atoms with Crippen molar-refractivity contribution >= 4 is 50.6 Å². The Hall–Kier alpha value is -2.68. The molecular weight excluding hydrogens is 446 g/mol. The number of carbonyl (C=O) groups is 1. The maximum absolute atomic E-state index is 13.5. The summed E-state index contributed by atoms with van der Waals surface area (Å²) in [6, 6.07) is 13.6. The molecule has 5 nitrogen and oxygen atoms in total. The molecule has 8 heteroatoms. The molecule has 0 saturated heterocycles. The number of hydrogen-bond donors (Lipinski definition) is 0. The summed E-state index contributed by atoms with van der Waals surface area (Å²) in [5.41, 5.74) is 1.67. The zero-order chi connectivity index (χ0) is 22.0. The Bertz CT molecular complexity index is 1270. The van der Waals surface area contributed by atoms with E-state index in [1.807, 2.05) is 53.2 Å². The second-order valence-electron chi connectivity index (χ2n) is 7.05. The number of thiophene rings is 2. The van der Waals surface area contributed by atoms with Gasteiger partial charge in [-0.25, -0.2) is 4.98 Å². The number of rotatable bonds is 7. The summed E-state index contributed by atoms with van der Waals surface area (Å²) in [5.74, 6) is -0.0545. The Kier molecular flexibility index (Phi) is 6.41. The van der Waals surface area contributed by atoms with Crippen molar-refractivity contribution in [1.29, 1.82) is 0 Å². The van der Waals surface area contributed by atoms with E-state index in [1.165, 1.54) is 23.1 Å². The number of nitrogens with zero attached hydrogens (tertiary/aromatic N) is 3. The largest absolute Gasteiger partial charge is 0.348 e. The first-order chi connectivity index (χ1) is 15.0. The maximum atomic E-state index is 13.5. The third-order valence-corrected chi connectivity index (χ3v) is 7.76. The van der Waals surface area contributed by atoms with E-state index in [2.05, 4.69) is 6.58 Å². The lowest BCUT2D eigenvalue weighted by molar-refractivity contribution is -0.128. The Labute approximate surface area is 192 Å². The van der Waals surface area contributed by atoms with Crippen LogP contribution in [0.5, 0.6) is 0 Å². The standard InChI is InChI=1S/C23H21N3O2S3/c1-4-12-26-21(27)18-16(17-11-8-13-29-17)14-30-20(18)24-23(26)31-19(22(28)25(2)3)15-9-6-5-7-10-15/h4-11,13-14,19H,1,12H2,2-3H3. The number of aromatic nitrogens is 2. The number of thioether (sulfide) groups is 1. The first-order valence-electron chi connectivity index (χ1n) is 9.60. The molecule has 0 saturated carbocycles. The fraction of sp³-hybridized carbons (Fsp3) is 0.174. The number of amides is 1. The minimum atomic E-state index is -0.506. The van der Waals surface area contributed by atoms with Crippen LogP contribution >= 0.6 is 34.4 Å². The van der Waals surface area contributed by atoms with E-state index in [1.54, 1.807) is 41.0 Å². The van der Waals surface area contributed by atoms with Gasteiger partial charge in [-0.1, -0.05) is 54.2 Å². The number of carbonyl (C=O) groups excluding carboxylic acids is 1. The second kappa shape index (κ2) is 9.21. The highest BCUT2D eigenvalue weighted by molar-refractivity contribution is 8.00. The van der Waals surface area contributed by atoms with Crippen LogP contribution in [0.1, 0.15) is 10.8 Å². The molecule has 0 aliphatic heterocycles. The normalized spacial score (nSPS) is 12.1. The van der Waals surface area contributed by atoms with E-state index < -0.39 is 5.25 Å². The average molecular weight is 468 g/mol. The predicted octanol–water partition coefficient (Wildman–Crippen LogP) is 5.29. The fourth-order valence-electron chi connectivity index (χ4n) is 3.23. The van der Waals surface area contributed by atoms with Crippen LogP contribution in [-0.2, 0) is 11.3 Å². The van der Waals surface area contributed by atoms with Crippen molar-refractivity contribution in [1.82, 2.24) is 14.5 Å². The average Bonchev–Trinajstić information content (AvgIpc) is 3.44. The molecule has 1 atom stereocenters. The number of allylic oxidation sites excluding steroid dienone is 1. The van der Waals surface area contributed by atoms with Gasteiger partial charge in [0.2, 0.25) is 5.91 Å². The lowest BCUT2D eigenvalue weighted by Crippen LogP contribution is -2.28. The molecule has 1 unspecified atom stereocenters. The van der Waals surface area contributed by atoms with Gasteiger partial charge in [0.05, 0.1) is 5.39 Å². The van der Waals surface area contributed by atoms with Gasteiger partial charge in [-0.05, 0) is 17.0 Å². The predicted molar refractivity (Wildman–Crippen MR) is 131 cm³/mol. The molecule has 0 aliphatic carbocycles. The molecule has 158 valence electrons. The van der Waals surface area contributed by atoms with Crippen LogP contribution in [-0.4, -0.2) is 34.5 Å². The summed E-state index contributed by atoms with van der Waals surface area (Å²) in [6.45, 7) is 4.13. The number of fused-ring (bicyclic) bond motifs is 1. The van der Waals surface area contributed by atoms with E-state index in [0.29, 0.717) is 21.9 Å². The monoisotopic (exact) mass is 467 g/mol. The third kappa shape index (κ3) is 4.23. The molecule has 3 aromatic heterocycles. The van der Waals surface area contributed by atoms with Gasteiger partial charge in [-0.2, -0.15) is 0 Å². The van der Waals surface area contributed by atoms with Gasteiger partial charge in [-0.15, -0.1) is 29.3 Å². The van der Waals surface area contributed by atoms with Crippen molar-refractivity contribution in [3.05, 3.63) is 81.8 Å². The van der Waals surface area contributed by atoms with Crippen LogP contribution in [0.2, 0.25) is 0 Å². The Morgan fingerprint density at radius 2 is 2.00 bits per heavy atom. The summed E-state index contributed by atoms with van der Waals surface area (Å²) < 4.78 is 1.61. The van der Waals surface area contributed by atoms with Crippen LogP contribution in [0.3, 0.4) is 0 Å². The Morgan fingerprint density at radius 1 is 1.23 bits per heavy atom. The summed E-state index contributed by atoms with van der Waals surface area (Å²) >= 11 is 4.35. The first-order valence-corrected chi connectivity index (χ1v) is 12.2. The molecule has 0 spiro atoms. The topological polar surface area (TPSA) is 55.2 Å². The van der Waals surface area contributed by atoms with E-state index in [9.17, 15) is 9.59 Å². The minimum absolute atomic E-state index is 0.0545. The van der Waals surface area contributed by atoms with Crippen molar-refractivity contribution < 1.29 is 4.79 Å². The van der Waals surface area contributed by atoms with Crippen LogP contribution in [0.25, 0.3) is 20.7 Å². The molecule has 0 bridgehead atoms. The SMILES string of the molecule is C=CCn1c(SC(C(=O)N(C)C)c2ccccc2)nc2scc(-c3cccs3)c2c1=O. The van der Waals surface area contributed by atoms with Gasteiger partial charge in [-0.3, -0.25) is 14.2 Å². The van der Waals surface area contributed by atoms with Crippen LogP contribution in [0.15, 0.2) is 75.8 Å². The fourth-order valence-corrected chi connectivity index (χ4v) is 6.28. The summed E-state index contributed by atoms with van der Waals surface area (Å²) in [7, 11) is 3.47. The van der Waals surface area contributed by atoms with Gasteiger partial charge >= 0.3 is 0 Å². The lowest BCUT2D eigenvalue weighted by Gasteiger charge is -2.21. The molecule has 4 aromatic rings. The molecule has 0 aliphatic rings. The van der Waals surface area contributed by atoms with Gasteiger partial charge in [0.25, 0.3) is 5.56 Å². The molecular formula is C23H21N3O2S3. The summed E-state index contributed by atoms with van der Waals surface area (Å²) in [6.07, 6.45) is 1.68. The molecule has 3 heterocycles. The van der Waals surface area contributed by atoms with Gasteiger partial charge in [0.15, 0.2) is 5.16 Å². The van der Waals surface area contributed by atoms with Gasteiger partial charge in [0.1, 0.15) is 10.1 Å². The number of benzene rings is 1. The maximum Gasteiger partial charge on any atom is 0.263 e. The number of hydrogen-bond acceptors (Lipinski definition) is 6. The molecule has 1 amide bonds. The molecule has 1 aromatic carbocycles. The van der Waals surface area contributed by atoms with E-state index in [4.69, 9.17) is 4.98 Å². The summed E-state index contributed by atoms with van der Waals surface area (Å²) in [4.78, 5) is 34.6. The smallest absolute Gasteiger partial charge is 0.263 e. The van der Waals surface area contributed by atoms with Crippen molar-refractivity contribution in [2.45, 2.75) is 17.0 Å². The highest BCUT2D eigenvalue weighted by Crippen LogP contribution is 2.38. The van der Waals surface area contributed by atoms with Crippen molar-refractivity contribution in [3.8, 4) is 10.4 Å². The van der Waals surface area contributed by atoms with Crippen LogP contribution < -0.4 is 5.56 Å². The zero-order valence-electron chi connectivity index (χ0n) is 17.1.